The van der Waals surface area contributed by atoms with E-state index in [1.54, 1.807) is 13.1 Å². The highest BCUT2D eigenvalue weighted by Gasteiger charge is 2.43. The smallest absolute Gasteiger partial charge is 0.186 e. The fourth-order valence-electron chi connectivity index (χ4n) is 2.51. The van der Waals surface area contributed by atoms with E-state index in [1.807, 2.05) is 0 Å². The maximum atomic E-state index is 9.83. The van der Waals surface area contributed by atoms with Crippen LogP contribution < -0.4 is 0 Å². The molecule has 0 bridgehead atoms. The first-order valence-corrected chi connectivity index (χ1v) is 8.49. The molecule has 6 atom stereocenters. The summed E-state index contributed by atoms with van der Waals surface area (Å²) in [4.78, 5) is 0. The SMILES string of the molecule is C[C@H](O)Cn1cc(COCCCOC2OC(CO)C(O)C(O)C2O)nn1. The van der Waals surface area contributed by atoms with Gasteiger partial charge in [-0.15, -0.1) is 5.10 Å². The van der Waals surface area contributed by atoms with Gasteiger partial charge in [-0.25, -0.2) is 4.68 Å². The summed E-state index contributed by atoms with van der Waals surface area (Å²) in [6.07, 6.45) is -4.70. The fourth-order valence-corrected chi connectivity index (χ4v) is 2.51. The summed E-state index contributed by atoms with van der Waals surface area (Å²) >= 11 is 0. The van der Waals surface area contributed by atoms with Gasteiger partial charge in [0.25, 0.3) is 0 Å². The van der Waals surface area contributed by atoms with Gasteiger partial charge in [-0.1, -0.05) is 5.21 Å². The molecular formula is C15H27N3O8. The second kappa shape index (κ2) is 10.2. The van der Waals surface area contributed by atoms with E-state index in [1.165, 1.54) is 4.68 Å². The molecule has 1 aliphatic heterocycles. The molecule has 0 aliphatic carbocycles. The Bertz CT molecular complexity index is 527. The first-order valence-electron chi connectivity index (χ1n) is 8.49. The van der Waals surface area contributed by atoms with Crippen molar-refractivity contribution in [2.24, 2.45) is 0 Å². The number of aliphatic hydroxyl groups excluding tert-OH is 5. The summed E-state index contributed by atoms with van der Waals surface area (Å²) in [6, 6.07) is 0. The van der Waals surface area contributed by atoms with Crippen molar-refractivity contribution in [1.82, 2.24) is 15.0 Å². The van der Waals surface area contributed by atoms with Crippen LogP contribution in [0.25, 0.3) is 0 Å². The summed E-state index contributed by atoms with van der Waals surface area (Å²) in [7, 11) is 0. The number of rotatable bonds is 10. The molecule has 11 nitrogen and oxygen atoms in total. The minimum atomic E-state index is -1.45. The van der Waals surface area contributed by atoms with Gasteiger partial charge in [-0.2, -0.15) is 0 Å². The third-order valence-corrected chi connectivity index (χ3v) is 3.85. The molecule has 2 heterocycles. The third kappa shape index (κ3) is 5.93. The lowest BCUT2D eigenvalue weighted by molar-refractivity contribution is -0.301. The molecule has 26 heavy (non-hydrogen) atoms. The van der Waals surface area contributed by atoms with Crippen LogP contribution in [0.3, 0.4) is 0 Å². The van der Waals surface area contributed by atoms with Crippen LogP contribution in [0.15, 0.2) is 6.20 Å². The first-order chi connectivity index (χ1) is 12.4. The Balaban J connectivity index is 1.62. The predicted molar refractivity (Wildman–Crippen MR) is 85.7 cm³/mol. The van der Waals surface area contributed by atoms with Gasteiger partial charge in [0.05, 0.1) is 38.7 Å². The number of aliphatic hydroxyl groups is 5. The summed E-state index contributed by atoms with van der Waals surface area (Å²) < 4.78 is 17.6. The van der Waals surface area contributed by atoms with Crippen LogP contribution >= 0.6 is 0 Å². The van der Waals surface area contributed by atoms with E-state index in [2.05, 4.69) is 10.3 Å². The normalized spacial score (nSPS) is 30.5. The van der Waals surface area contributed by atoms with Crippen LogP contribution in [0.1, 0.15) is 19.0 Å². The molecule has 2 rings (SSSR count). The molecule has 5 unspecified atom stereocenters. The standard InChI is InChI=1S/C15H27N3O8/c1-9(20)5-18-6-10(16-17-18)8-24-3-2-4-25-15-14(23)13(22)12(21)11(7-19)26-15/h6,9,11-15,19-23H,2-5,7-8H2,1H3/t9-,11?,12?,13?,14?,15?/m0/s1. The van der Waals surface area contributed by atoms with Gasteiger partial charge in [-0.3, -0.25) is 0 Å². The van der Waals surface area contributed by atoms with Crippen LogP contribution in [0.2, 0.25) is 0 Å². The summed E-state index contributed by atoms with van der Waals surface area (Å²) in [5.41, 5.74) is 0.639. The topological polar surface area (TPSA) is 160 Å². The summed E-state index contributed by atoms with van der Waals surface area (Å²) in [5.74, 6) is 0. The molecule has 11 heteroatoms. The van der Waals surface area contributed by atoms with Gasteiger partial charge >= 0.3 is 0 Å². The number of nitrogens with zero attached hydrogens (tertiary/aromatic N) is 3. The molecule has 0 aromatic carbocycles. The maximum Gasteiger partial charge on any atom is 0.186 e. The fraction of sp³-hybridized carbons (Fsp3) is 0.867. The molecule has 0 spiro atoms. The van der Waals surface area contributed by atoms with E-state index in [0.717, 1.165) is 0 Å². The monoisotopic (exact) mass is 377 g/mol. The summed E-state index contributed by atoms with van der Waals surface area (Å²) in [5, 5.41) is 55.3. The van der Waals surface area contributed by atoms with Gasteiger partial charge in [0.2, 0.25) is 0 Å². The number of aromatic nitrogens is 3. The predicted octanol–water partition coefficient (Wildman–Crippen LogP) is -2.62. The van der Waals surface area contributed by atoms with Crippen LogP contribution in [0.5, 0.6) is 0 Å². The minimum Gasteiger partial charge on any atom is -0.394 e. The highest BCUT2D eigenvalue weighted by Crippen LogP contribution is 2.21. The highest BCUT2D eigenvalue weighted by atomic mass is 16.7. The number of hydrogen-bond donors (Lipinski definition) is 5. The van der Waals surface area contributed by atoms with Crippen molar-refractivity contribution in [1.29, 1.82) is 0 Å². The van der Waals surface area contributed by atoms with Gasteiger partial charge < -0.3 is 39.7 Å². The second-order valence-electron chi connectivity index (χ2n) is 6.26. The van der Waals surface area contributed by atoms with E-state index in [9.17, 15) is 20.4 Å². The van der Waals surface area contributed by atoms with Crippen LogP contribution in [0.4, 0.5) is 0 Å². The molecule has 5 N–H and O–H groups in total. The Morgan fingerprint density at radius 3 is 2.69 bits per heavy atom. The molecule has 1 fully saturated rings. The van der Waals surface area contributed by atoms with Crippen LogP contribution in [0, 0.1) is 0 Å². The van der Waals surface area contributed by atoms with Crippen molar-refractivity contribution in [2.45, 2.75) is 63.3 Å². The van der Waals surface area contributed by atoms with Crippen molar-refractivity contribution >= 4 is 0 Å². The van der Waals surface area contributed by atoms with Crippen molar-refractivity contribution in [2.75, 3.05) is 19.8 Å². The molecule has 1 aromatic rings. The van der Waals surface area contributed by atoms with Crippen molar-refractivity contribution < 1.29 is 39.7 Å². The summed E-state index contributed by atoms with van der Waals surface area (Å²) in [6.45, 7) is 2.34. The second-order valence-corrected chi connectivity index (χ2v) is 6.26. The Hall–Kier alpha value is -1.18. The Labute approximate surface area is 150 Å². The zero-order chi connectivity index (χ0) is 19.1. The van der Waals surface area contributed by atoms with E-state index in [-0.39, 0.29) is 13.2 Å². The number of ether oxygens (including phenoxy) is 3. The zero-order valence-corrected chi connectivity index (χ0v) is 14.6. The largest absolute Gasteiger partial charge is 0.394 e. The van der Waals surface area contributed by atoms with Crippen molar-refractivity contribution in [3.63, 3.8) is 0 Å². The quantitative estimate of drug-likeness (QED) is 0.273. The molecule has 0 amide bonds. The van der Waals surface area contributed by atoms with Gasteiger partial charge in [0.1, 0.15) is 30.1 Å². The van der Waals surface area contributed by atoms with E-state index >= 15 is 0 Å². The van der Waals surface area contributed by atoms with Crippen LogP contribution in [-0.4, -0.2) is 97.2 Å². The third-order valence-electron chi connectivity index (χ3n) is 3.85. The van der Waals surface area contributed by atoms with Crippen LogP contribution in [-0.2, 0) is 27.4 Å². The molecule has 1 aliphatic rings. The molecular weight excluding hydrogens is 350 g/mol. The Morgan fingerprint density at radius 2 is 2.00 bits per heavy atom. The highest BCUT2D eigenvalue weighted by molar-refractivity contribution is 4.90. The molecule has 0 saturated carbocycles. The van der Waals surface area contributed by atoms with Crippen molar-refractivity contribution in [3.8, 4) is 0 Å². The Morgan fingerprint density at radius 1 is 1.23 bits per heavy atom. The molecule has 150 valence electrons. The lowest BCUT2D eigenvalue weighted by Gasteiger charge is -2.39. The lowest BCUT2D eigenvalue weighted by Crippen LogP contribution is -2.59. The molecule has 0 radical (unpaired) electrons. The van der Waals surface area contributed by atoms with E-state index in [0.29, 0.717) is 25.3 Å². The minimum absolute atomic E-state index is 0.192. The first kappa shape index (κ1) is 21.1. The molecule has 1 saturated heterocycles. The van der Waals surface area contributed by atoms with Gasteiger partial charge in [-0.05, 0) is 13.3 Å². The average Bonchev–Trinajstić information content (AvgIpc) is 3.04. The maximum absolute atomic E-state index is 9.83. The lowest BCUT2D eigenvalue weighted by atomic mass is 9.99. The van der Waals surface area contributed by atoms with Gasteiger partial charge in [0, 0.05) is 6.61 Å². The van der Waals surface area contributed by atoms with Crippen molar-refractivity contribution in [3.05, 3.63) is 11.9 Å². The molecule has 1 aromatic heterocycles. The number of hydrogen-bond acceptors (Lipinski definition) is 10. The zero-order valence-electron chi connectivity index (χ0n) is 14.6. The van der Waals surface area contributed by atoms with E-state index < -0.39 is 43.4 Å². The Kier molecular flexibility index (Phi) is 8.31. The van der Waals surface area contributed by atoms with Gasteiger partial charge in [0.15, 0.2) is 6.29 Å². The van der Waals surface area contributed by atoms with E-state index in [4.69, 9.17) is 19.3 Å². The average molecular weight is 377 g/mol.